The number of nitrogens with zero attached hydrogens (tertiary/aromatic N) is 3. The van der Waals surface area contributed by atoms with Gasteiger partial charge < -0.3 is 9.47 Å². The van der Waals surface area contributed by atoms with E-state index >= 15 is 0 Å². The van der Waals surface area contributed by atoms with Crippen LogP contribution in [-0.4, -0.2) is 52.8 Å². The maximum Gasteiger partial charge on any atom is 0.0579 e. The van der Waals surface area contributed by atoms with Crippen LogP contribution in [0.1, 0.15) is 12.1 Å². The summed E-state index contributed by atoms with van der Waals surface area (Å²) in [5.41, 5.74) is 2.86. The van der Waals surface area contributed by atoms with Crippen LogP contribution in [0.25, 0.3) is 10.9 Å². The van der Waals surface area contributed by atoms with E-state index in [2.05, 4.69) is 70.7 Å². The van der Waals surface area contributed by atoms with Crippen LogP contribution in [0.2, 0.25) is 0 Å². The molecule has 0 radical (unpaired) electrons. The third-order valence-corrected chi connectivity index (χ3v) is 4.00. The van der Waals surface area contributed by atoms with Crippen LogP contribution >= 0.6 is 11.9 Å². The van der Waals surface area contributed by atoms with E-state index < -0.39 is 0 Å². The number of benzene rings is 1. The number of fused-ring (bicyclic) bond motifs is 3. The number of hydrogen-bond donors (Lipinski definition) is 1. The van der Waals surface area contributed by atoms with Crippen LogP contribution in [0.3, 0.4) is 0 Å². The summed E-state index contributed by atoms with van der Waals surface area (Å²) < 4.78 is 8.96. The molecule has 4 nitrogen and oxygen atoms in total. The highest BCUT2D eigenvalue weighted by Crippen LogP contribution is 2.23. The highest BCUT2D eigenvalue weighted by molar-refractivity contribution is 6.04. The molecule has 1 aliphatic heterocycles. The van der Waals surface area contributed by atoms with Gasteiger partial charge in [-0.1, -0.05) is 18.2 Å². The minimum Gasteiger partial charge on any atom is -0.342 e. The Morgan fingerprint density at radius 3 is 2.71 bits per heavy atom. The fourth-order valence-electron chi connectivity index (χ4n) is 3.01. The maximum atomic E-state index is 6.47. The number of para-hydroxylation sites is 1. The second kappa shape index (κ2) is 7.80. The van der Waals surface area contributed by atoms with E-state index in [4.69, 9.17) is 4.66 Å². The Bertz CT molecular complexity index is 568. The summed E-state index contributed by atoms with van der Waals surface area (Å²) in [6, 6.07) is 11.1. The zero-order valence-electron chi connectivity index (χ0n) is 12.8. The topological polar surface area (TPSA) is 31.6 Å². The van der Waals surface area contributed by atoms with Crippen molar-refractivity contribution in [1.82, 2.24) is 14.4 Å². The molecule has 2 heterocycles. The molecule has 0 fully saturated rings. The molecule has 1 N–H and O–H groups in total. The Hall–Kier alpha value is -1.07. The fourth-order valence-corrected chi connectivity index (χ4v) is 3.01. The van der Waals surface area contributed by atoms with Gasteiger partial charge >= 0.3 is 0 Å². The van der Waals surface area contributed by atoms with Crippen LogP contribution < -0.4 is 0 Å². The van der Waals surface area contributed by atoms with Gasteiger partial charge in [-0.15, -0.1) is 0 Å². The summed E-state index contributed by atoms with van der Waals surface area (Å²) in [7, 11) is 4.29. The SMILES string of the molecule is CN(C)CCCN1CCn2c(cc3ccccc32)C1.OCl. The van der Waals surface area contributed by atoms with Gasteiger partial charge in [-0.25, -0.2) is 0 Å². The molecule has 0 bridgehead atoms. The Balaban J connectivity index is 0.000000774. The zero-order chi connectivity index (χ0) is 15.2. The molecule has 21 heavy (non-hydrogen) atoms. The molecule has 0 atom stereocenters. The van der Waals surface area contributed by atoms with E-state index in [0.29, 0.717) is 0 Å². The molecule has 0 spiro atoms. The molecule has 0 amide bonds. The van der Waals surface area contributed by atoms with Gasteiger partial charge in [0.25, 0.3) is 0 Å². The number of hydrogen-bond acceptors (Lipinski definition) is 3. The highest BCUT2D eigenvalue weighted by Gasteiger charge is 2.17. The van der Waals surface area contributed by atoms with Crippen molar-refractivity contribution in [3.63, 3.8) is 0 Å². The van der Waals surface area contributed by atoms with Crippen molar-refractivity contribution in [2.75, 3.05) is 33.7 Å². The van der Waals surface area contributed by atoms with Crippen LogP contribution in [0.4, 0.5) is 0 Å². The average Bonchev–Trinajstić information content (AvgIpc) is 2.86. The van der Waals surface area contributed by atoms with Crippen LogP contribution in [0.15, 0.2) is 30.3 Å². The molecule has 2 aromatic rings. The Labute approximate surface area is 131 Å². The lowest BCUT2D eigenvalue weighted by Crippen LogP contribution is -2.35. The summed E-state index contributed by atoms with van der Waals surface area (Å²) in [5.74, 6) is 0. The molecular formula is C16H24ClN3O. The summed E-state index contributed by atoms with van der Waals surface area (Å²) >= 11 is 3.64. The molecule has 0 saturated heterocycles. The van der Waals surface area contributed by atoms with Gasteiger partial charge in [0.15, 0.2) is 0 Å². The van der Waals surface area contributed by atoms with E-state index in [0.717, 1.165) is 13.1 Å². The summed E-state index contributed by atoms with van der Waals surface area (Å²) in [6.07, 6.45) is 1.26. The third kappa shape index (κ3) is 3.98. The molecule has 3 rings (SSSR count). The molecule has 0 aliphatic carbocycles. The summed E-state index contributed by atoms with van der Waals surface area (Å²) in [4.78, 5) is 4.85. The van der Waals surface area contributed by atoms with Crippen molar-refractivity contribution in [2.24, 2.45) is 0 Å². The first-order chi connectivity index (χ1) is 10.2. The quantitative estimate of drug-likeness (QED) is 0.942. The molecule has 0 saturated carbocycles. The van der Waals surface area contributed by atoms with Crippen molar-refractivity contribution in [1.29, 1.82) is 0 Å². The van der Waals surface area contributed by atoms with Crippen molar-refractivity contribution >= 4 is 22.8 Å². The lowest BCUT2D eigenvalue weighted by Gasteiger charge is -2.29. The predicted molar refractivity (Wildman–Crippen MR) is 88.5 cm³/mol. The normalized spacial score (nSPS) is 14.9. The highest BCUT2D eigenvalue weighted by atomic mass is 35.5. The number of halogens is 1. The molecule has 1 aromatic heterocycles. The molecule has 0 unspecified atom stereocenters. The second-order valence-corrected chi connectivity index (χ2v) is 5.78. The first-order valence-corrected chi connectivity index (χ1v) is 7.69. The van der Waals surface area contributed by atoms with Crippen LogP contribution in [0, 0.1) is 0 Å². The zero-order valence-corrected chi connectivity index (χ0v) is 13.6. The van der Waals surface area contributed by atoms with Gasteiger partial charge in [-0.2, -0.15) is 0 Å². The molecule has 5 heteroatoms. The lowest BCUT2D eigenvalue weighted by atomic mass is 10.2. The van der Waals surface area contributed by atoms with Gasteiger partial charge in [0.2, 0.25) is 0 Å². The van der Waals surface area contributed by atoms with Gasteiger partial charge in [0, 0.05) is 30.8 Å². The number of rotatable bonds is 4. The largest absolute Gasteiger partial charge is 0.342 e. The predicted octanol–water partition coefficient (Wildman–Crippen LogP) is 2.54. The van der Waals surface area contributed by atoms with Crippen LogP contribution in [0.5, 0.6) is 0 Å². The summed E-state index contributed by atoms with van der Waals surface area (Å²) in [5, 5.41) is 1.38. The fraction of sp³-hybridized carbons (Fsp3) is 0.500. The maximum absolute atomic E-state index is 6.47. The van der Waals surface area contributed by atoms with Gasteiger partial charge in [0.1, 0.15) is 0 Å². The first-order valence-electron chi connectivity index (χ1n) is 7.35. The Morgan fingerprint density at radius 1 is 1.19 bits per heavy atom. The molecule has 116 valence electrons. The van der Waals surface area contributed by atoms with Crippen molar-refractivity contribution in [2.45, 2.75) is 19.5 Å². The van der Waals surface area contributed by atoms with Gasteiger partial charge in [-0.05, 0) is 51.1 Å². The number of aromatic nitrogens is 1. The third-order valence-electron chi connectivity index (χ3n) is 4.00. The minimum absolute atomic E-state index is 1.10. The van der Waals surface area contributed by atoms with Gasteiger partial charge in [-0.3, -0.25) is 9.56 Å². The monoisotopic (exact) mass is 309 g/mol. The van der Waals surface area contributed by atoms with Crippen LogP contribution in [-0.2, 0) is 13.1 Å². The second-order valence-electron chi connectivity index (χ2n) is 5.78. The molecular weight excluding hydrogens is 286 g/mol. The molecule has 1 aromatic carbocycles. The van der Waals surface area contributed by atoms with Crippen molar-refractivity contribution in [3.8, 4) is 0 Å². The summed E-state index contributed by atoms with van der Waals surface area (Å²) in [6.45, 7) is 5.80. The van der Waals surface area contributed by atoms with Crippen molar-refractivity contribution < 1.29 is 4.66 Å². The van der Waals surface area contributed by atoms with E-state index in [1.807, 2.05) is 0 Å². The Morgan fingerprint density at radius 2 is 1.95 bits per heavy atom. The van der Waals surface area contributed by atoms with E-state index in [9.17, 15) is 0 Å². The van der Waals surface area contributed by atoms with E-state index in [1.54, 1.807) is 0 Å². The van der Waals surface area contributed by atoms with Crippen molar-refractivity contribution in [3.05, 3.63) is 36.0 Å². The standard InChI is InChI=1S/C16H23N3.ClHO/c1-17(2)8-5-9-18-10-11-19-15(13-18)12-14-6-3-4-7-16(14)19;1-2/h3-4,6-7,12H,5,8-11,13H2,1-2H3;2H. The first kappa shape index (κ1) is 16.3. The van der Waals surface area contributed by atoms with Gasteiger partial charge in [0.05, 0.1) is 11.9 Å². The smallest absolute Gasteiger partial charge is 0.0579 e. The minimum atomic E-state index is 1.10. The average molecular weight is 310 g/mol. The Kier molecular flexibility index (Phi) is 6.06. The van der Waals surface area contributed by atoms with E-state index in [-0.39, 0.29) is 0 Å². The molecule has 1 aliphatic rings. The lowest BCUT2D eigenvalue weighted by molar-refractivity contribution is 0.212. The van der Waals surface area contributed by atoms with E-state index in [1.165, 1.54) is 42.7 Å².